The Morgan fingerprint density at radius 3 is 2.65 bits per heavy atom. The standard InChI is InChI=1S/C15H32N4O3S/c1-15(2)13-19(10-12-23(15,20)21)14(16-3)17-7-6-8-18(4)9-11-22-5/h6-13H2,1-5H3,(H,16,17). The lowest BCUT2D eigenvalue weighted by molar-refractivity contribution is 0.161. The fraction of sp³-hybridized carbons (Fsp3) is 0.933. The number of aliphatic imine (C=N–C) groups is 1. The lowest BCUT2D eigenvalue weighted by Gasteiger charge is -2.39. The second-order valence-electron chi connectivity index (χ2n) is 6.62. The van der Waals surface area contributed by atoms with Crippen LogP contribution < -0.4 is 5.32 Å². The SMILES string of the molecule is CN=C(NCCCN(C)CCOC)N1CCS(=O)(=O)C(C)(C)C1. The van der Waals surface area contributed by atoms with Gasteiger partial charge in [0.25, 0.3) is 0 Å². The van der Waals surface area contributed by atoms with Crippen molar-refractivity contribution in [3.8, 4) is 0 Å². The van der Waals surface area contributed by atoms with E-state index < -0.39 is 14.6 Å². The van der Waals surface area contributed by atoms with Crippen molar-refractivity contribution < 1.29 is 13.2 Å². The Kier molecular flexibility index (Phi) is 7.76. The van der Waals surface area contributed by atoms with Crippen LogP contribution in [0.15, 0.2) is 4.99 Å². The van der Waals surface area contributed by atoms with Crippen molar-refractivity contribution in [1.82, 2.24) is 15.1 Å². The number of hydrogen-bond acceptors (Lipinski definition) is 5. The topological polar surface area (TPSA) is 74.2 Å². The molecule has 0 aromatic rings. The van der Waals surface area contributed by atoms with Crippen LogP contribution in [0.4, 0.5) is 0 Å². The molecule has 1 N–H and O–H groups in total. The van der Waals surface area contributed by atoms with Gasteiger partial charge in [-0.25, -0.2) is 8.42 Å². The maximum atomic E-state index is 12.1. The summed E-state index contributed by atoms with van der Waals surface area (Å²) in [6, 6.07) is 0. The summed E-state index contributed by atoms with van der Waals surface area (Å²) in [5.41, 5.74) is 0. The Bertz CT molecular complexity index is 491. The number of hydrogen-bond donors (Lipinski definition) is 1. The number of methoxy groups -OCH3 is 1. The zero-order valence-corrected chi connectivity index (χ0v) is 15.9. The second kappa shape index (κ2) is 8.84. The Hall–Kier alpha value is -0.860. The van der Waals surface area contributed by atoms with Gasteiger partial charge in [0.15, 0.2) is 15.8 Å². The van der Waals surface area contributed by atoms with E-state index in [1.165, 1.54) is 0 Å². The molecular weight excluding hydrogens is 316 g/mol. The van der Waals surface area contributed by atoms with Crippen molar-refractivity contribution in [1.29, 1.82) is 0 Å². The summed E-state index contributed by atoms with van der Waals surface area (Å²) < 4.78 is 28.5. The average Bonchev–Trinajstić information content (AvgIpc) is 2.48. The first-order valence-corrected chi connectivity index (χ1v) is 9.74. The summed E-state index contributed by atoms with van der Waals surface area (Å²) in [7, 11) is 2.50. The van der Waals surface area contributed by atoms with E-state index >= 15 is 0 Å². The van der Waals surface area contributed by atoms with Crippen molar-refractivity contribution in [2.45, 2.75) is 25.0 Å². The minimum absolute atomic E-state index is 0.181. The van der Waals surface area contributed by atoms with E-state index in [0.717, 1.165) is 38.6 Å². The monoisotopic (exact) mass is 348 g/mol. The van der Waals surface area contributed by atoms with E-state index in [1.54, 1.807) is 28.0 Å². The van der Waals surface area contributed by atoms with Crippen LogP contribution in [0.25, 0.3) is 0 Å². The molecule has 0 aromatic carbocycles. The van der Waals surface area contributed by atoms with Gasteiger partial charge in [0, 0.05) is 40.3 Å². The van der Waals surface area contributed by atoms with Gasteiger partial charge in [-0.05, 0) is 33.9 Å². The van der Waals surface area contributed by atoms with Crippen LogP contribution in [0.2, 0.25) is 0 Å². The first kappa shape index (κ1) is 20.2. The van der Waals surface area contributed by atoms with Crippen molar-refractivity contribution in [3.05, 3.63) is 0 Å². The van der Waals surface area contributed by atoms with Crippen LogP contribution in [-0.4, -0.2) is 95.2 Å². The van der Waals surface area contributed by atoms with Crippen molar-refractivity contribution >= 4 is 15.8 Å². The lowest BCUT2D eigenvalue weighted by atomic mass is 10.2. The quantitative estimate of drug-likeness (QED) is 0.398. The first-order chi connectivity index (χ1) is 10.7. The number of guanidine groups is 1. The minimum Gasteiger partial charge on any atom is -0.383 e. The number of nitrogens with one attached hydrogen (secondary N) is 1. The van der Waals surface area contributed by atoms with Crippen LogP contribution in [0.5, 0.6) is 0 Å². The molecule has 1 heterocycles. The van der Waals surface area contributed by atoms with Crippen molar-refractivity contribution in [2.75, 3.05) is 66.3 Å². The highest BCUT2D eigenvalue weighted by atomic mass is 32.2. The van der Waals surface area contributed by atoms with Crippen LogP contribution >= 0.6 is 0 Å². The molecule has 1 saturated heterocycles. The highest BCUT2D eigenvalue weighted by Crippen LogP contribution is 2.23. The van der Waals surface area contributed by atoms with Crippen molar-refractivity contribution in [3.63, 3.8) is 0 Å². The molecule has 0 unspecified atom stereocenters. The van der Waals surface area contributed by atoms with Gasteiger partial charge in [-0.2, -0.15) is 0 Å². The minimum atomic E-state index is -3.02. The van der Waals surface area contributed by atoms with Gasteiger partial charge in [0.2, 0.25) is 0 Å². The number of ether oxygens (including phenoxy) is 1. The van der Waals surface area contributed by atoms with E-state index in [2.05, 4.69) is 22.3 Å². The number of sulfone groups is 1. The Labute approximate surface area is 141 Å². The highest BCUT2D eigenvalue weighted by molar-refractivity contribution is 7.92. The summed E-state index contributed by atoms with van der Waals surface area (Å²) in [6.45, 7) is 7.99. The van der Waals surface area contributed by atoms with Crippen LogP contribution in [0.3, 0.4) is 0 Å². The molecule has 0 bridgehead atoms. The van der Waals surface area contributed by atoms with Crippen molar-refractivity contribution in [2.24, 2.45) is 4.99 Å². The molecule has 8 heteroatoms. The Morgan fingerprint density at radius 1 is 1.39 bits per heavy atom. The average molecular weight is 349 g/mol. The Morgan fingerprint density at radius 2 is 2.09 bits per heavy atom. The second-order valence-corrected chi connectivity index (χ2v) is 9.37. The number of nitrogens with zero attached hydrogens (tertiary/aromatic N) is 3. The maximum Gasteiger partial charge on any atom is 0.193 e. The van der Waals surface area contributed by atoms with Gasteiger partial charge < -0.3 is 19.9 Å². The molecule has 136 valence electrons. The van der Waals surface area contributed by atoms with Gasteiger partial charge >= 0.3 is 0 Å². The molecule has 0 aromatic heterocycles. The van der Waals surface area contributed by atoms with Gasteiger partial charge in [-0.3, -0.25) is 4.99 Å². The molecular formula is C15H32N4O3S. The van der Waals surface area contributed by atoms with Crippen LogP contribution in [0, 0.1) is 0 Å². The fourth-order valence-electron chi connectivity index (χ4n) is 2.56. The highest BCUT2D eigenvalue weighted by Gasteiger charge is 2.40. The van der Waals surface area contributed by atoms with E-state index in [-0.39, 0.29) is 5.75 Å². The smallest absolute Gasteiger partial charge is 0.193 e. The summed E-state index contributed by atoms with van der Waals surface area (Å²) in [5, 5.41) is 3.34. The maximum absolute atomic E-state index is 12.1. The summed E-state index contributed by atoms with van der Waals surface area (Å²) in [4.78, 5) is 8.56. The molecule has 23 heavy (non-hydrogen) atoms. The molecule has 7 nitrogen and oxygen atoms in total. The predicted octanol–water partition coefficient (Wildman–Crippen LogP) is 0.0391. The van der Waals surface area contributed by atoms with Crippen LogP contribution in [0.1, 0.15) is 20.3 Å². The van der Waals surface area contributed by atoms with E-state index in [4.69, 9.17) is 4.74 Å². The third-order valence-electron chi connectivity index (χ3n) is 4.23. The molecule has 1 rings (SSSR count). The van der Waals surface area contributed by atoms with E-state index in [0.29, 0.717) is 13.1 Å². The molecule has 1 aliphatic rings. The predicted molar refractivity (Wildman–Crippen MR) is 94.8 cm³/mol. The molecule has 0 spiro atoms. The summed E-state index contributed by atoms with van der Waals surface area (Å²) >= 11 is 0. The fourth-order valence-corrected chi connectivity index (χ4v) is 3.93. The zero-order valence-electron chi connectivity index (χ0n) is 15.1. The largest absolute Gasteiger partial charge is 0.383 e. The van der Waals surface area contributed by atoms with E-state index in [1.807, 2.05) is 4.90 Å². The first-order valence-electron chi connectivity index (χ1n) is 8.09. The molecule has 1 aliphatic heterocycles. The van der Waals surface area contributed by atoms with Crippen LogP contribution in [-0.2, 0) is 14.6 Å². The van der Waals surface area contributed by atoms with E-state index in [9.17, 15) is 8.42 Å². The molecule has 0 saturated carbocycles. The lowest BCUT2D eigenvalue weighted by Crippen LogP contribution is -2.57. The molecule has 0 amide bonds. The molecule has 0 atom stereocenters. The number of likely N-dealkylation sites (N-methyl/N-ethyl adjacent to an activating group) is 1. The van der Waals surface area contributed by atoms with Gasteiger partial charge in [-0.1, -0.05) is 0 Å². The molecule has 0 radical (unpaired) electrons. The Balaban J connectivity index is 2.41. The molecule has 1 fully saturated rings. The van der Waals surface area contributed by atoms with Gasteiger partial charge in [-0.15, -0.1) is 0 Å². The third-order valence-corrected chi connectivity index (χ3v) is 6.76. The zero-order chi connectivity index (χ0) is 17.5. The third kappa shape index (κ3) is 5.93. The molecule has 0 aliphatic carbocycles. The summed E-state index contributed by atoms with van der Waals surface area (Å²) in [6.07, 6.45) is 0.995. The van der Waals surface area contributed by atoms with Gasteiger partial charge in [0.1, 0.15) is 0 Å². The van der Waals surface area contributed by atoms with Gasteiger partial charge in [0.05, 0.1) is 17.1 Å². The number of rotatable bonds is 7. The summed E-state index contributed by atoms with van der Waals surface area (Å²) in [5.74, 6) is 0.966. The normalized spacial score (nSPS) is 20.8.